The highest BCUT2D eigenvalue weighted by atomic mass is 32.2. The van der Waals surface area contributed by atoms with E-state index in [4.69, 9.17) is 4.74 Å². The van der Waals surface area contributed by atoms with Crippen LogP contribution in [0.3, 0.4) is 0 Å². The summed E-state index contributed by atoms with van der Waals surface area (Å²) in [6.07, 6.45) is 1.16. The van der Waals surface area contributed by atoms with Gasteiger partial charge in [0.05, 0.1) is 25.0 Å². The number of nitrogens with zero attached hydrogens (tertiary/aromatic N) is 1. The molecule has 3 aromatic rings. The van der Waals surface area contributed by atoms with Gasteiger partial charge < -0.3 is 10.1 Å². The summed E-state index contributed by atoms with van der Waals surface area (Å²) in [4.78, 5) is 12.4. The second-order valence-electron chi connectivity index (χ2n) is 7.30. The van der Waals surface area contributed by atoms with Crippen LogP contribution in [-0.4, -0.2) is 33.7 Å². The first kappa shape index (κ1) is 23.3. The second-order valence-corrected chi connectivity index (χ2v) is 9.21. The number of amides is 1. The zero-order valence-electron chi connectivity index (χ0n) is 17.9. The van der Waals surface area contributed by atoms with E-state index in [9.17, 15) is 17.6 Å². The number of anilines is 1. The van der Waals surface area contributed by atoms with E-state index in [1.165, 1.54) is 28.6 Å². The number of ether oxygens (including phenoxy) is 1. The van der Waals surface area contributed by atoms with Crippen molar-refractivity contribution in [3.8, 4) is 5.75 Å². The maximum absolute atomic E-state index is 12.9. The molecule has 0 atom stereocenters. The lowest BCUT2D eigenvalue weighted by Crippen LogP contribution is -2.30. The second kappa shape index (κ2) is 10.3. The first-order chi connectivity index (χ1) is 15.2. The number of hydrogen-bond acceptors (Lipinski definition) is 4. The Morgan fingerprint density at radius 3 is 2.28 bits per heavy atom. The van der Waals surface area contributed by atoms with Crippen molar-refractivity contribution < 1.29 is 22.3 Å². The van der Waals surface area contributed by atoms with Gasteiger partial charge in [0.25, 0.3) is 5.91 Å². The third-order valence-corrected chi connectivity index (χ3v) is 6.00. The molecule has 1 amide bonds. The van der Waals surface area contributed by atoms with Gasteiger partial charge in [0, 0.05) is 5.56 Å². The molecule has 0 aliphatic carbocycles. The molecule has 0 radical (unpaired) electrons. The van der Waals surface area contributed by atoms with Gasteiger partial charge in [-0.05, 0) is 66.6 Å². The number of halogens is 1. The number of carbonyl (C=O) groups is 1. The summed E-state index contributed by atoms with van der Waals surface area (Å²) in [6, 6.07) is 19.6. The fourth-order valence-corrected chi connectivity index (χ4v) is 3.97. The number of rotatable bonds is 9. The Balaban J connectivity index is 1.61. The van der Waals surface area contributed by atoms with Gasteiger partial charge in [-0.1, -0.05) is 24.3 Å². The molecule has 8 heteroatoms. The first-order valence-corrected chi connectivity index (χ1v) is 11.9. The minimum absolute atomic E-state index is 0.206. The van der Waals surface area contributed by atoms with E-state index in [0.29, 0.717) is 17.0 Å². The molecule has 6 nitrogen and oxygen atoms in total. The Morgan fingerprint density at radius 2 is 1.66 bits per heavy atom. The summed E-state index contributed by atoms with van der Waals surface area (Å²) >= 11 is 0. The minimum Gasteiger partial charge on any atom is -0.492 e. The van der Waals surface area contributed by atoms with E-state index >= 15 is 0 Å². The summed E-state index contributed by atoms with van der Waals surface area (Å²) in [5.41, 5.74) is 2.78. The fraction of sp³-hybridized carbons (Fsp3) is 0.208. The monoisotopic (exact) mass is 456 g/mol. The normalized spacial score (nSPS) is 11.1. The van der Waals surface area contributed by atoms with Gasteiger partial charge >= 0.3 is 0 Å². The lowest BCUT2D eigenvalue weighted by atomic mass is 10.1. The van der Waals surface area contributed by atoms with E-state index in [-0.39, 0.29) is 31.4 Å². The molecular weight excluding hydrogens is 431 g/mol. The Hall–Kier alpha value is -3.39. The van der Waals surface area contributed by atoms with E-state index in [2.05, 4.69) is 5.32 Å². The largest absolute Gasteiger partial charge is 0.492 e. The van der Waals surface area contributed by atoms with Crippen molar-refractivity contribution in [3.05, 3.63) is 95.3 Å². The number of aryl methyl sites for hydroxylation is 1. The molecule has 3 rings (SSSR count). The zero-order valence-corrected chi connectivity index (χ0v) is 18.7. The maximum atomic E-state index is 12.9. The van der Waals surface area contributed by atoms with Crippen molar-refractivity contribution in [1.29, 1.82) is 0 Å². The Bertz CT molecular complexity index is 1160. The van der Waals surface area contributed by atoms with Crippen LogP contribution in [0.4, 0.5) is 10.1 Å². The van der Waals surface area contributed by atoms with Crippen molar-refractivity contribution in [3.63, 3.8) is 0 Å². The van der Waals surface area contributed by atoms with E-state index in [0.717, 1.165) is 17.4 Å². The van der Waals surface area contributed by atoms with E-state index in [1.807, 2.05) is 31.2 Å². The highest BCUT2D eigenvalue weighted by molar-refractivity contribution is 7.92. The minimum atomic E-state index is -3.52. The van der Waals surface area contributed by atoms with Gasteiger partial charge in [0.1, 0.15) is 18.2 Å². The van der Waals surface area contributed by atoms with Crippen molar-refractivity contribution >= 4 is 21.6 Å². The summed E-state index contributed by atoms with van der Waals surface area (Å²) in [5.74, 6) is -0.133. The van der Waals surface area contributed by atoms with Crippen LogP contribution in [0, 0.1) is 12.7 Å². The molecule has 0 unspecified atom stereocenters. The molecule has 0 spiro atoms. The van der Waals surface area contributed by atoms with Gasteiger partial charge in [-0.25, -0.2) is 12.8 Å². The topological polar surface area (TPSA) is 75.7 Å². The molecule has 0 heterocycles. The van der Waals surface area contributed by atoms with Gasteiger partial charge in [0.2, 0.25) is 10.0 Å². The van der Waals surface area contributed by atoms with Gasteiger partial charge in [0.15, 0.2) is 0 Å². The van der Waals surface area contributed by atoms with Crippen LogP contribution in [0.25, 0.3) is 0 Å². The third-order valence-electron chi connectivity index (χ3n) is 4.86. The van der Waals surface area contributed by atoms with E-state index in [1.54, 1.807) is 24.3 Å². The van der Waals surface area contributed by atoms with Crippen molar-refractivity contribution in [2.45, 2.75) is 13.5 Å². The predicted molar refractivity (Wildman–Crippen MR) is 123 cm³/mol. The summed E-state index contributed by atoms with van der Waals surface area (Å²) < 4.78 is 44.4. The molecule has 0 saturated heterocycles. The first-order valence-electron chi connectivity index (χ1n) is 10.0. The number of benzene rings is 3. The fourth-order valence-electron chi connectivity index (χ4n) is 3.09. The maximum Gasteiger partial charge on any atom is 0.251 e. The lowest BCUT2D eigenvalue weighted by Gasteiger charge is -2.23. The average molecular weight is 457 g/mol. The smallest absolute Gasteiger partial charge is 0.251 e. The Labute approximate surface area is 187 Å². The van der Waals surface area contributed by atoms with E-state index < -0.39 is 10.0 Å². The summed E-state index contributed by atoms with van der Waals surface area (Å²) in [7, 11) is -3.52. The average Bonchev–Trinajstić information content (AvgIpc) is 2.76. The Kier molecular flexibility index (Phi) is 7.48. The van der Waals surface area contributed by atoms with Crippen molar-refractivity contribution in [2.75, 3.05) is 23.7 Å². The van der Waals surface area contributed by atoms with Crippen LogP contribution < -0.4 is 14.4 Å². The molecule has 0 aliphatic heterocycles. The highest BCUT2D eigenvalue weighted by Crippen LogP contribution is 2.22. The molecule has 0 saturated carbocycles. The summed E-state index contributed by atoms with van der Waals surface area (Å²) in [6.45, 7) is 2.63. The van der Waals surface area contributed by atoms with Gasteiger partial charge in [-0.3, -0.25) is 9.10 Å². The molecule has 168 valence electrons. The molecule has 1 N–H and O–H groups in total. The van der Waals surface area contributed by atoms with Crippen LogP contribution in [0.15, 0.2) is 72.8 Å². The number of sulfonamides is 1. The van der Waals surface area contributed by atoms with Crippen LogP contribution in [0.2, 0.25) is 0 Å². The number of carbonyl (C=O) groups excluding carboxylic acids is 1. The molecule has 0 aliphatic rings. The molecule has 3 aromatic carbocycles. The van der Waals surface area contributed by atoms with Crippen LogP contribution in [0.5, 0.6) is 5.75 Å². The van der Waals surface area contributed by atoms with Gasteiger partial charge in [-0.15, -0.1) is 0 Å². The predicted octanol–water partition coefficient (Wildman–Crippen LogP) is 3.91. The standard InChI is InChI=1S/C24H25FN2O4S/c1-18-5-3-4-6-20(18)17-27(32(2,29)30)22-11-7-19(8-12-22)24(28)26-15-16-31-23-13-9-21(25)10-14-23/h3-14H,15-17H2,1-2H3,(H,26,28). The zero-order chi connectivity index (χ0) is 23.1. The van der Waals surface area contributed by atoms with Gasteiger partial charge in [-0.2, -0.15) is 0 Å². The molecule has 32 heavy (non-hydrogen) atoms. The lowest BCUT2D eigenvalue weighted by molar-refractivity contribution is 0.0947. The number of nitrogens with one attached hydrogen (secondary N) is 1. The Morgan fingerprint density at radius 1 is 1.00 bits per heavy atom. The van der Waals surface area contributed by atoms with Crippen molar-refractivity contribution in [2.24, 2.45) is 0 Å². The SMILES string of the molecule is Cc1ccccc1CN(c1ccc(C(=O)NCCOc2ccc(F)cc2)cc1)S(C)(=O)=O. The van der Waals surface area contributed by atoms with Crippen molar-refractivity contribution in [1.82, 2.24) is 5.32 Å². The number of hydrogen-bond donors (Lipinski definition) is 1. The molecular formula is C24H25FN2O4S. The third kappa shape index (κ3) is 6.31. The summed E-state index contributed by atoms with van der Waals surface area (Å²) in [5, 5.41) is 2.74. The molecule has 0 fully saturated rings. The van der Waals surface area contributed by atoms with Crippen LogP contribution in [-0.2, 0) is 16.6 Å². The van der Waals surface area contributed by atoms with Crippen LogP contribution >= 0.6 is 0 Å². The van der Waals surface area contributed by atoms with Crippen LogP contribution in [0.1, 0.15) is 21.5 Å². The molecule has 0 aromatic heterocycles. The molecule has 0 bridgehead atoms. The quantitative estimate of drug-likeness (QED) is 0.496. The highest BCUT2D eigenvalue weighted by Gasteiger charge is 2.19.